The number of anilines is 1. The molecule has 0 aromatic heterocycles. The lowest BCUT2D eigenvalue weighted by Gasteiger charge is -2.09. The van der Waals surface area contributed by atoms with E-state index in [0.29, 0.717) is 6.42 Å². The van der Waals surface area contributed by atoms with Gasteiger partial charge in [0.25, 0.3) is 0 Å². The second-order valence-electron chi connectivity index (χ2n) is 4.08. The van der Waals surface area contributed by atoms with Crippen LogP contribution in [0.5, 0.6) is 0 Å². The van der Waals surface area contributed by atoms with Crippen molar-refractivity contribution in [2.75, 3.05) is 10.5 Å². The zero-order valence-corrected chi connectivity index (χ0v) is 11.5. The van der Waals surface area contributed by atoms with E-state index in [1.165, 1.54) is 25.1 Å². The summed E-state index contributed by atoms with van der Waals surface area (Å²) in [5.41, 5.74) is 0.0922. The van der Waals surface area contributed by atoms with E-state index in [9.17, 15) is 18.0 Å². The number of sulfonamides is 1. The van der Waals surface area contributed by atoms with E-state index < -0.39 is 16.0 Å². The molecule has 0 amide bonds. The average Bonchev–Trinajstić information content (AvgIpc) is 2.27. The van der Waals surface area contributed by atoms with Crippen LogP contribution in [0.3, 0.4) is 0 Å². The molecule has 0 spiro atoms. The molecule has 1 rings (SSSR count). The Bertz CT molecular complexity index is 574. The van der Waals surface area contributed by atoms with Gasteiger partial charge in [0, 0.05) is 5.56 Å². The fraction of sp³-hybridized carbons (Fsp3) is 0.333. The molecule has 0 aliphatic rings. The van der Waals surface area contributed by atoms with Crippen molar-refractivity contribution in [3.05, 3.63) is 29.3 Å². The predicted molar refractivity (Wildman–Crippen MR) is 71.1 cm³/mol. The first-order valence-corrected chi connectivity index (χ1v) is 7.30. The maximum Gasteiger partial charge on any atom is 0.335 e. The van der Waals surface area contributed by atoms with Crippen molar-refractivity contribution in [3.8, 4) is 0 Å². The van der Waals surface area contributed by atoms with Crippen LogP contribution in [-0.2, 0) is 10.0 Å². The Hall–Kier alpha value is -1.89. The molecular weight excluding hydrogens is 270 g/mol. The van der Waals surface area contributed by atoms with Gasteiger partial charge in [-0.05, 0) is 31.5 Å². The largest absolute Gasteiger partial charge is 0.478 e. The van der Waals surface area contributed by atoms with Gasteiger partial charge in [-0.1, -0.05) is 6.92 Å². The summed E-state index contributed by atoms with van der Waals surface area (Å²) in [6.45, 7) is 3.00. The fourth-order valence-corrected chi connectivity index (χ4v) is 2.63. The number of hydrogen-bond donors (Lipinski definition) is 2. The van der Waals surface area contributed by atoms with E-state index in [1.807, 2.05) is 0 Å². The molecule has 0 aliphatic heterocycles. The SMILES string of the molecule is CCCS(=O)(=O)Nc1cc(C(C)=O)cc(C(=O)O)c1. The second kappa shape index (κ2) is 5.83. The van der Waals surface area contributed by atoms with Crippen molar-refractivity contribution in [2.24, 2.45) is 0 Å². The minimum absolute atomic E-state index is 0.0697. The van der Waals surface area contributed by atoms with Crippen molar-refractivity contribution >= 4 is 27.5 Å². The quantitative estimate of drug-likeness (QED) is 0.775. The molecule has 0 bridgehead atoms. The summed E-state index contributed by atoms with van der Waals surface area (Å²) in [6, 6.07) is 3.71. The van der Waals surface area contributed by atoms with Gasteiger partial charge in [-0.15, -0.1) is 0 Å². The van der Waals surface area contributed by atoms with E-state index in [0.717, 1.165) is 0 Å². The summed E-state index contributed by atoms with van der Waals surface area (Å²) in [5.74, 6) is -1.63. The van der Waals surface area contributed by atoms with Crippen LogP contribution < -0.4 is 4.72 Å². The van der Waals surface area contributed by atoms with Crippen LogP contribution in [0.15, 0.2) is 18.2 Å². The zero-order valence-electron chi connectivity index (χ0n) is 10.6. The maximum atomic E-state index is 11.6. The predicted octanol–water partition coefficient (Wildman–Crippen LogP) is 1.74. The van der Waals surface area contributed by atoms with Gasteiger partial charge in [0.2, 0.25) is 10.0 Å². The van der Waals surface area contributed by atoms with Gasteiger partial charge in [-0.2, -0.15) is 0 Å². The maximum absolute atomic E-state index is 11.6. The third kappa shape index (κ3) is 4.36. The minimum Gasteiger partial charge on any atom is -0.478 e. The second-order valence-corrected chi connectivity index (χ2v) is 5.92. The number of carbonyl (C=O) groups excluding carboxylic acids is 1. The van der Waals surface area contributed by atoms with E-state index in [2.05, 4.69) is 4.72 Å². The van der Waals surface area contributed by atoms with E-state index >= 15 is 0 Å². The zero-order chi connectivity index (χ0) is 14.6. The van der Waals surface area contributed by atoms with E-state index in [1.54, 1.807) is 6.92 Å². The number of carboxylic acid groups (broad SMARTS) is 1. The standard InChI is InChI=1S/C12H15NO5S/c1-3-4-19(17,18)13-11-6-9(8(2)14)5-10(7-11)12(15)16/h5-7,13H,3-4H2,1-2H3,(H,15,16). The smallest absolute Gasteiger partial charge is 0.335 e. The summed E-state index contributed by atoms with van der Waals surface area (Å²) in [7, 11) is -3.52. The first kappa shape index (κ1) is 15.2. The number of ketones is 1. The molecule has 0 unspecified atom stereocenters. The summed E-state index contributed by atoms with van der Waals surface area (Å²) in [4.78, 5) is 22.2. The molecule has 0 heterocycles. The Morgan fingerprint density at radius 3 is 2.26 bits per heavy atom. The van der Waals surface area contributed by atoms with Gasteiger partial charge < -0.3 is 5.11 Å². The fourth-order valence-electron chi connectivity index (χ4n) is 1.51. The monoisotopic (exact) mass is 285 g/mol. The van der Waals surface area contributed by atoms with Crippen LogP contribution in [0.2, 0.25) is 0 Å². The molecule has 0 saturated carbocycles. The van der Waals surface area contributed by atoms with Crippen molar-refractivity contribution in [1.82, 2.24) is 0 Å². The number of carboxylic acids is 1. The Kier molecular flexibility index (Phi) is 4.66. The number of carbonyl (C=O) groups is 2. The highest BCUT2D eigenvalue weighted by molar-refractivity contribution is 7.92. The highest BCUT2D eigenvalue weighted by atomic mass is 32.2. The molecule has 0 atom stereocenters. The van der Waals surface area contributed by atoms with Gasteiger partial charge in [0.1, 0.15) is 0 Å². The number of benzene rings is 1. The third-order valence-electron chi connectivity index (χ3n) is 2.33. The molecule has 1 aromatic rings. The molecule has 0 saturated heterocycles. The highest BCUT2D eigenvalue weighted by Gasteiger charge is 2.14. The molecule has 2 N–H and O–H groups in total. The van der Waals surface area contributed by atoms with Crippen molar-refractivity contribution < 1.29 is 23.1 Å². The van der Waals surface area contributed by atoms with Gasteiger partial charge >= 0.3 is 5.97 Å². The number of nitrogens with one attached hydrogen (secondary N) is 1. The molecule has 104 valence electrons. The Balaban J connectivity index is 3.21. The average molecular weight is 285 g/mol. The lowest BCUT2D eigenvalue weighted by molar-refractivity contribution is 0.0697. The third-order valence-corrected chi connectivity index (χ3v) is 3.83. The van der Waals surface area contributed by atoms with Crippen molar-refractivity contribution in [2.45, 2.75) is 20.3 Å². The van der Waals surface area contributed by atoms with Crippen LogP contribution in [0.25, 0.3) is 0 Å². The Morgan fingerprint density at radius 2 is 1.79 bits per heavy atom. The molecule has 1 aromatic carbocycles. The van der Waals surface area contributed by atoms with Gasteiger partial charge in [0.05, 0.1) is 17.0 Å². The Morgan fingerprint density at radius 1 is 1.21 bits per heavy atom. The number of rotatable bonds is 6. The number of aromatic carboxylic acids is 1. The van der Waals surface area contributed by atoms with Gasteiger partial charge in [0.15, 0.2) is 5.78 Å². The highest BCUT2D eigenvalue weighted by Crippen LogP contribution is 2.17. The molecule has 7 heteroatoms. The first-order valence-electron chi connectivity index (χ1n) is 5.65. The van der Waals surface area contributed by atoms with E-state index in [4.69, 9.17) is 5.11 Å². The molecule has 19 heavy (non-hydrogen) atoms. The molecule has 0 aliphatic carbocycles. The summed E-state index contributed by atoms with van der Waals surface area (Å²) >= 11 is 0. The number of hydrogen-bond acceptors (Lipinski definition) is 4. The molecule has 6 nitrogen and oxygen atoms in total. The lowest BCUT2D eigenvalue weighted by Crippen LogP contribution is -2.17. The van der Waals surface area contributed by atoms with E-state index in [-0.39, 0.29) is 28.4 Å². The first-order chi connectivity index (χ1) is 8.75. The minimum atomic E-state index is -3.52. The number of Topliss-reactive ketones (excluding diaryl/α,β-unsaturated/α-hetero) is 1. The van der Waals surface area contributed by atoms with Crippen LogP contribution in [0, 0.1) is 0 Å². The van der Waals surface area contributed by atoms with Crippen LogP contribution in [0.4, 0.5) is 5.69 Å². The summed E-state index contributed by atoms with van der Waals surface area (Å²) in [6.07, 6.45) is 0.438. The summed E-state index contributed by atoms with van der Waals surface area (Å²) < 4.78 is 25.5. The molecular formula is C12H15NO5S. The van der Waals surface area contributed by atoms with Crippen LogP contribution in [0.1, 0.15) is 41.0 Å². The Labute approximate surface area is 111 Å². The van der Waals surface area contributed by atoms with Crippen LogP contribution in [-0.4, -0.2) is 31.0 Å². The molecule has 0 radical (unpaired) electrons. The normalized spacial score (nSPS) is 11.1. The van der Waals surface area contributed by atoms with Gasteiger partial charge in [-0.25, -0.2) is 13.2 Å². The topological polar surface area (TPSA) is 101 Å². The molecule has 0 fully saturated rings. The van der Waals surface area contributed by atoms with Crippen molar-refractivity contribution in [3.63, 3.8) is 0 Å². The lowest BCUT2D eigenvalue weighted by atomic mass is 10.1. The summed E-state index contributed by atoms with van der Waals surface area (Å²) in [5, 5.41) is 8.93. The van der Waals surface area contributed by atoms with Crippen molar-refractivity contribution in [1.29, 1.82) is 0 Å². The van der Waals surface area contributed by atoms with Gasteiger partial charge in [-0.3, -0.25) is 9.52 Å². The van der Waals surface area contributed by atoms with Crippen LogP contribution >= 0.6 is 0 Å².